The van der Waals surface area contributed by atoms with Gasteiger partial charge in [-0.2, -0.15) is 0 Å². The Morgan fingerprint density at radius 2 is 2.31 bits per heavy atom. The molecule has 1 aromatic heterocycles. The zero-order valence-electron chi connectivity index (χ0n) is 9.43. The molecule has 1 rings (SSSR count). The number of pyridine rings is 1. The van der Waals surface area contributed by atoms with Crippen molar-refractivity contribution in [1.82, 2.24) is 10.3 Å². The first kappa shape index (κ1) is 12.4. The van der Waals surface area contributed by atoms with E-state index in [-0.39, 0.29) is 25.2 Å². The van der Waals surface area contributed by atoms with Crippen molar-refractivity contribution in [2.75, 3.05) is 13.2 Å². The number of aliphatic hydroxyl groups is 1. The summed E-state index contributed by atoms with van der Waals surface area (Å²) in [6.07, 6.45) is 1.59. The SMILES string of the molecule is CC(C)Oc1ccc(C(=O)NCCO)nc1. The van der Waals surface area contributed by atoms with Gasteiger partial charge in [0, 0.05) is 6.54 Å². The molecular weight excluding hydrogens is 208 g/mol. The number of ether oxygens (including phenoxy) is 1. The van der Waals surface area contributed by atoms with Crippen molar-refractivity contribution in [2.24, 2.45) is 0 Å². The largest absolute Gasteiger partial charge is 0.489 e. The smallest absolute Gasteiger partial charge is 0.269 e. The fourth-order valence-corrected chi connectivity index (χ4v) is 1.12. The number of nitrogens with one attached hydrogen (secondary N) is 1. The molecule has 0 aliphatic rings. The van der Waals surface area contributed by atoms with Gasteiger partial charge in [-0.05, 0) is 26.0 Å². The molecular formula is C11H16N2O3. The summed E-state index contributed by atoms with van der Waals surface area (Å²) >= 11 is 0. The molecule has 0 fully saturated rings. The molecule has 0 bridgehead atoms. The van der Waals surface area contributed by atoms with Crippen molar-refractivity contribution in [2.45, 2.75) is 20.0 Å². The Morgan fingerprint density at radius 1 is 1.56 bits per heavy atom. The van der Waals surface area contributed by atoms with Crippen LogP contribution in [0.25, 0.3) is 0 Å². The molecule has 0 aromatic carbocycles. The molecule has 88 valence electrons. The van der Waals surface area contributed by atoms with E-state index in [1.165, 1.54) is 6.20 Å². The Balaban J connectivity index is 2.60. The number of aromatic nitrogens is 1. The number of nitrogens with zero attached hydrogens (tertiary/aromatic N) is 1. The minimum atomic E-state index is -0.301. The maximum Gasteiger partial charge on any atom is 0.269 e. The van der Waals surface area contributed by atoms with Gasteiger partial charge in [0.05, 0.1) is 18.9 Å². The van der Waals surface area contributed by atoms with Crippen molar-refractivity contribution >= 4 is 5.91 Å². The molecule has 16 heavy (non-hydrogen) atoms. The first-order valence-electron chi connectivity index (χ1n) is 5.15. The first-order chi connectivity index (χ1) is 7.63. The second kappa shape index (κ2) is 6.07. The van der Waals surface area contributed by atoms with Crippen molar-refractivity contribution in [3.05, 3.63) is 24.0 Å². The predicted molar refractivity (Wildman–Crippen MR) is 59.4 cm³/mol. The third-order valence-electron chi connectivity index (χ3n) is 1.74. The molecule has 0 atom stereocenters. The van der Waals surface area contributed by atoms with Crippen LogP contribution in [0.15, 0.2) is 18.3 Å². The monoisotopic (exact) mass is 224 g/mol. The highest BCUT2D eigenvalue weighted by atomic mass is 16.5. The van der Waals surface area contributed by atoms with Crippen molar-refractivity contribution in [1.29, 1.82) is 0 Å². The standard InChI is InChI=1S/C11H16N2O3/c1-8(2)16-9-3-4-10(13-7-9)11(15)12-5-6-14/h3-4,7-8,14H,5-6H2,1-2H3,(H,12,15). The lowest BCUT2D eigenvalue weighted by Crippen LogP contribution is -2.27. The number of amides is 1. The van der Waals surface area contributed by atoms with Crippen molar-refractivity contribution in [3.63, 3.8) is 0 Å². The summed E-state index contributed by atoms with van der Waals surface area (Å²) < 4.78 is 5.40. The lowest BCUT2D eigenvalue weighted by atomic mass is 10.3. The van der Waals surface area contributed by atoms with E-state index in [1.807, 2.05) is 13.8 Å². The number of hydrogen-bond donors (Lipinski definition) is 2. The molecule has 0 spiro atoms. The Morgan fingerprint density at radius 3 is 2.81 bits per heavy atom. The van der Waals surface area contributed by atoms with Gasteiger partial charge in [-0.15, -0.1) is 0 Å². The normalized spacial score (nSPS) is 10.2. The quantitative estimate of drug-likeness (QED) is 0.768. The Labute approximate surface area is 94.5 Å². The lowest BCUT2D eigenvalue weighted by Gasteiger charge is -2.09. The van der Waals surface area contributed by atoms with Gasteiger partial charge in [-0.25, -0.2) is 4.98 Å². The average molecular weight is 224 g/mol. The van der Waals surface area contributed by atoms with Crippen molar-refractivity contribution < 1.29 is 14.6 Å². The van der Waals surface area contributed by atoms with Gasteiger partial charge in [-0.3, -0.25) is 4.79 Å². The maximum atomic E-state index is 11.4. The van der Waals surface area contributed by atoms with Gasteiger partial charge >= 0.3 is 0 Å². The van der Waals surface area contributed by atoms with E-state index in [0.29, 0.717) is 11.4 Å². The minimum absolute atomic E-state index is 0.0795. The molecule has 0 saturated heterocycles. The van der Waals surface area contributed by atoms with E-state index in [4.69, 9.17) is 9.84 Å². The van der Waals surface area contributed by atoms with Gasteiger partial charge in [0.2, 0.25) is 0 Å². The van der Waals surface area contributed by atoms with Crippen molar-refractivity contribution in [3.8, 4) is 5.75 Å². The Kier molecular flexibility index (Phi) is 4.72. The maximum absolute atomic E-state index is 11.4. The van der Waals surface area contributed by atoms with Gasteiger partial charge < -0.3 is 15.2 Å². The highest BCUT2D eigenvalue weighted by Crippen LogP contribution is 2.10. The van der Waals surface area contributed by atoms with Crippen LogP contribution in [0, 0.1) is 0 Å². The Hall–Kier alpha value is -1.62. The fraction of sp³-hybridized carbons (Fsp3) is 0.455. The van der Waals surface area contributed by atoms with Crippen LogP contribution in [0.5, 0.6) is 5.75 Å². The summed E-state index contributed by atoms with van der Waals surface area (Å²) in [7, 11) is 0. The summed E-state index contributed by atoms with van der Waals surface area (Å²) in [5, 5.41) is 11.1. The topological polar surface area (TPSA) is 71.5 Å². The molecule has 0 saturated carbocycles. The summed E-state index contributed by atoms with van der Waals surface area (Å²) in [6, 6.07) is 3.28. The van der Waals surface area contributed by atoms with E-state index in [1.54, 1.807) is 12.1 Å². The van der Waals surface area contributed by atoms with Crippen LogP contribution in [0.4, 0.5) is 0 Å². The second-order valence-corrected chi connectivity index (χ2v) is 3.53. The van der Waals surface area contributed by atoms with Crippen LogP contribution in [0.1, 0.15) is 24.3 Å². The molecule has 5 nitrogen and oxygen atoms in total. The molecule has 0 aliphatic heterocycles. The number of hydrogen-bond acceptors (Lipinski definition) is 4. The predicted octanol–water partition coefficient (Wildman–Crippen LogP) is 0.591. The molecule has 1 heterocycles. The number of aliphatic hydroxyl groups excluding tert-OH is 1. The molecule has 0 unspecified atom stereocenters. The van der Waals surface area contributed by atoms with Gasteiger partial charge in [0.15, 0.2) is 0 Å². The zero-order valence-corrected chi connectivity index (χ0v) is 9.43. The Bertz CT molecular complexity index is 336. The number of carbonyl (C=O) groups is 1. The molecule has 1 aromatic rings. The fourth-order valence-electron chi connectivity index (χ4n) is 1.12. The third kappa shape index (κ3) is 3.86. The van der Waals surface area contributed by atoms with E-state index < -0.39 is 0 Å². The molecule has 0 radical (unpaired) electrons. The van der Waals surface area contributed by atoms with E-state index in [2.05, 4.69) is 10.3 Å². The molecule has 0 aliphatic carbocycles. The van der Waals surface area contributed by atoms with Crippen LogP contribution < -0.4 is 10.1 Å². The highest BCUT2D eigenvalue weighted by molar-refractivity contribution is 5.92. The highest BCUT2D eigenvalue weighted by Gasteiger charge is 2.06. The third-order valence-corrected chi connectivity index (χ3v) is 1.74. The van der Waals surface area contributed by atoms with E-state index in [0.717, 1.165) is 0 Å². The summed E-state index contributed by atoms with van der Waals surface area (Å²) in [6.45, 7) is 3.98. The molecule has 1 amide bonds. The van der Waals surface area contributed by atoms with Gasteiger partial charge in [-0.1, -0.05) is 0 Å². The van der Waals surface area contributed by atoms with Crippen LogP contribution in [0.3, 0.4) is 0 Å². The van der Waals surface area contributed by atoms with Crippen LogP contribution in [0.2, 0.25) is 0 Å². The summed E-state index contributed by atoms with van der Waals surface area (Å²) in [5.41, 5.74) is 0.310. The molecule has 5 heteroatoms. The van der Waals surface area contributed by atoms with Crippen LogP contribution >= 0.6 is 0 Å². The lowest BCUT2D eigenvalue weighted by molar-refractivity contribution is 0.0939. The van der Waals surface area contributed by atoms with Gasteiger partial charge in [0.1, 0.15) is 11.4 Å². The summed E-state index contributed by atoms with van der Waals surface area (Å²) in [4.78, 5) is 15.4. The van der Waals surface area contributed by atoms with E-state index >= 15 is 0 Å². The van der Waals surface area contributed by atoms with Crippen LogP contribution in [-0.4, -0.2) is 35.3 Å². The number of carbonyl (C=O) groups excluding carboxylic acids is 1. The molecule has 2 N–H and O–H groups in total. The van der Waals surface area contributed by atoms with E-state index in [9.17, 15) is 4.79 Å². The number of rotatable bonds is 5. The van der Waals surface area contributed by atoms with Crippen LogP contribution in [-0.2, 0) is 0 Å². The zero-order chi connectivity index (χ0) is 12.0. The average Bonchev–Trinajstić information content (AvgIpc) is 2.26. The second-order valence-electron chi connectivity index (χ2n) is 3.53. The first-order valence-corrected chi connectivity index (χ1v) is 5.15. The van der Waals surface area contributed by atoms with Gasteiger partial charge in [0.25, 0.3) is 5.91 Å². The summed E-state index contributed by atoms with van der Waals surface area (Å²) in [5.74, 6) is 0.332. The minimum Gasteiger partial charge on any atom is -0.489 e.